The molecule has 0 amide bonds. The summed E-state index contributed by atoms with van der Waals surface area (Å²) in [7, 11) is 0. The summed E-state index contributed by atoms with van der Waals surface area (Å²) in [5.41, 5.74) is 0. The Morgan fingerprint density at radius 3 is 2.70 bits per heavy atom. The molecule has 0 bridgehead atoms. The van der Waals surface area contributed by atoms with Gasteiger partial charge in [-0.3, -0.25) is 9.59 Å². The van der Waals surface area contributed by atoms with E-state index in [-0.39, 0.29) is 23.9 Å². The zero-order valence-electron chi connectivity index (χ0n) is 5.80. The molecular weight excluding hydrogens is 128 g/mol. The fourth-order valence-electron chi connectivity index (χ4n) is 1.22. The maximum absolute atomic E-state index is 10.9. The average molecular weight is 138 g/mol. The first-order valence-electron chi connectivity index (χ1n) is 3.39. The molecule has 2 nitrogen and oxygen atoms in total. The first-order chi connectivity index (χ1) is 4.74. The zero-order valence-corrected chi connectivity index (χ0v) is 5.80. The lowest BCUT2D eigenvalue weighted by Crippen LogP contribution is -2.03. The SMILES string of the molecule is C=CCC1CC(=O)CC1=O. The Kier molecular flexibility index (Phi) is 2.00. The standard InChI is InChI=1S/C8H10O2/c1-2-3-6-4-7(9)5-8(6)10/h2,6H,1,3-5H2. The van der Waals surface area contributed by atoms with E-state index in [1.165, 1.54) is 0 Å². The Balaban J connectivity index is 2.54. The molecule has 1 unspecified atom stereocenters. The second-order valence-corrected chi connectivity index (χ2v) is 2.61. The van der Waals surface area contributed by atoms with Crippen molar-refractivity contribution in [1.82, 2.24) is 0 Å². The number of Topliss-reactive ketones (excluding diaryl/α,β-unsaturated/α-hetero) is 2. The Bertz CT molecular complexity index is 182. The average Bonchev–Trinajstić information content (AvgIpc) is 2.13. The summed E-state index contributed by atoms with van der Waals surface area (Å²) in [4.78, 5) is 21.6. The topological polar surface area (TPSA) is 34.1 Å². The summed E-state index contributed by atoms with van der Waals surface area (Å²) in [5, 5.41) is 0. The molecule has 0 aromatic carbocycles. The minimum Gasteiger partial charge on any atom is -0.299 e. The molecule has 1 aliphatic rings. The molecule has 0 aromatic rings. The highest BCUT2D eigenvalue weighted by Gasteiger charge is 2.29. The molecule has 0 aliphatic heterocycles. The Morgan fingerprint density at radius 2 is 2.30 bits per heavy atom. The van der Waals surface area contributed by atoms with Crippen LogP contribution in [0.25, 0.3) is 0 Å². The molecule has 1 rings (SSSR count). The molecule has 0 radical (unpaired) electrons. The van der Waals surface area contributed by atoms with Crippen LogP contribution < -0.4 is 0 Å². The van der Waals surface area contributed by atoms with Crippen molar-refractivity contribution in [3.05, 3.63) is 12.7 Å². The van der Waals surface area contributed by atoms with E-state index in [2.05, 4.69) is 6.58 Å². The summed E-state index contributed by atoms with van der Waals surface area (Å²) in [6, 6.07) is 0. The van der Waals surface area contributed by atoms with Gasteiger partial charge in [0.1, 0.15) is 11.6 Å². The third-order valence-electron chi connectivity index (χ3n) is 1.75. The van der Waals surface area contributed by atoms with Crippen LogP contribution in [0.5, 0.6) is 0 Å². The minimum atomic E-state index is -0.0509. The summed E-state index contributed by atoms with van der Waals surface area (Å²) < 4.78 is 0. The minimum absolute atomic E-state index is 0.0509. The molecule has 54 valence electrons. The third-order valence-corrected chi connectivity index (χ3v) is 1.75. The van der Waals surface area contributed by atoms with Gasteiger partial charge in [0.25, 0.3) is 0 Å². The van der Waals surface area contributed by atoms with Crippen LogP contribution in [0.2, 0.25) is 0 Å². The second kappa shape index (κ2) is 2.78. The molecule has 0 aromatic heterocycles. The van der Waals surface area contributed by atoms with Crippen LogP contribution in [-0.4, -0.2) is 11.6 Å². The molecule has 0 spiro atoms. The van der Waals surface area contributed by atoms with Gasteiger partial charge in [-0.1, -0.05) is 6.08 Å². The highest BCUT2D eigenvalue weighted by atomic mass is 16.2. The lowest BCUT2D eigenvalue weighted by molar-refractivity contribution is -0.122. The van der Waals surface area contributed by atoms with Gasteiger partial charge in [0.05, 0.1) is 6.42 Å². The number of hydrogen-bond donors (Lipinski definition) is 0. The molecule has 2 heteroatoms. The summed E-state index contributed by atoms with van der Waals surface area (Å²) >= 11 is 0. The van der Waals surface area contributed by atoms with E-state index in [0.29, 0.717) is 12.8 Å². The number of allylic oxidation sites excluding steroid dienone is 1. The largest absolute Gasteiger partial charge is 0.299 e. The summed E-state index contributed by atoms with van der Waals surface area (Å²) in [6.07, 6.45) is 2.94. The maximum atomic E-state index is 10.9. The molecule has 1 atom stereocenters. The van der Waals surface area contributed by atoms with Crippen molar-refractivity contribution in [1.29, 1.82) is 0 Å². The van der Waals surface area contributed by atoms with E-state index in [1.54, 1.807) is 6.08 Å². The predicted molar refractivity (Wildman–Crippen MR) is 37.6 cm³/mol. The Labute approximate surface area is 59.9 Å². The smallest absolute Gasteiger partial charge is 0.144 e. The quantitative estimate of drug-likeness (QED) is 0.423. The fourth-order valence-corrected chi connectivity index (χ4v) is 1.22. The van der Waals surface area contributed by atoms with Crippen LogP contribution in [0, 0.1) is 5.92 Å². The lowest BCUT2D eigenvalue weighted by Gasteiger charge is -1.98. The number of rotatable bonds is 2. The predicted octanol–water partition coefficient (Wildman–Crippen LogP) is 1.11. The highest BCUT2D eigenvalue weighted by molar-refractivity contribution is 6.07. The number of hydrogen-bond acceptors (Lipinski definition) is 2. The number of carbonyl (C=O) groups is 2. The molecule has 1 saturated carbocycles. The molecule has 0 heterocycles. The van der Waals surface area contributed by atoms with Crippen molar-refractivity contribution in [2.45, 2.75) is 19.3 Å². The van der Waals surface area contributed by atoms with Gasteiger partial charge in [-0.2, -0.15) is 0 Å². The molecule has 0 saturated heterocycles. The Hall–Kier alpha value is -0.920. The van der Waals surface area contributed by atoms with E-state index < -0.39 is 0 Å². The van der Waals surface area contributed by atoms with Crippen molar-refractivity contribution >= 4 is 11.6 Å². The van der Waals surface area contributed by atoms with Crippen molar-refractivity contribution in [3.63, 3.8) is 0 Å². The lowest BCUT2D eigenvalue weighted by atomic mass is 10.0. The van der Waals surface area contributed by atoms with Crippen LogP contribution in [0.15, 0.2) is 12.7 Å². The van der Waals surface area contributed by atoms with Crippen molar-refractivity contribution < 1.29 is 9.59 Å². The van der Waals surface area contributed by atoms with E-state index in [0.717, 1.165) is 0 Å². The fraction of sp³-hybridized carbons (Fsp3) is 0.500. The summed E-state index contributed by atoms with van der Waals surface area (Å²) in [6.45, 7) is 3.52. The second-order valence-electron chi connectivity index (χ2n) is 2.61. The number of carbonyl (C=O) groups excluding carboxylic acids is 2. The van der Waals surface area contributed by atoms with Gasteiger partial charge >= 0.3 is 0 Å². The van der Waals surface area contributed by atoms with E-state index in [9.17, 15) is 9.59 Å². The highest BCUT2D eigenvalue weighted by Crippen LogP contribution is 2.21. The van der Waals surface area contributed by atoms with Crippen LogP contribution in [-0.2, 0) is 9.59 Å². The van der Waals surface area contributed by atoms with Gasteiger partial charge in [0, 0.05) is 12.3 Å². The first kappa shape index (κ1) is 7.19. The summed E-state index contributed by atoms with van der Waals surface area (Å²) in [5.74, 6) is 0.117. The van der Waals surface area contributed by atoms with Gasteiger partial charge in [-0.05, 0) is 6.42 Å². The molecule has 1 fully saturated rings. The Morgan fingerprint density at radius 1 is 1.60 bits per heavy atom. The van der Waals surface area contributed by atoms with Crippen molar-refractivity contribution in [3.8, 4) is 0 Å². The molecular formula is C8H10O2. The van der Waals surface area contributed by atoms with Crippen LogP contribution >= 0.6 is 0 Å². The van der Waals surface area contributed by atoms with Gasteiger partial charge in [-0.15, -0.1) is 6.58 Å². The van der Waals surface area contributed by atoms with Gasteiger partial charge < -0.3 is 0 Å². The number of ketones is 2. The van der Waals surface area contributed by atoms with Crippen molar-refractivity contribution in [2.75, 3.05) is 0 Å². The third kappa shape index (κ3) is 1.32. The van der Waals surface area contributed by atoms with E-state index >= 15 is 0 Å². The van der Waals surface area contributed by atoms with Gasteiger partial charge in [0.15, 0.2) is 0 Å². The molecule has 0 N–H and O–H groups in total. The van der Waals surface area contributed by atoms with Gasteiger partial charge in [0.2, 0.25) is 0 Å². The first-order valence-corrected chi connectivity index (χ1v) is 3.39. The maximum Gasteiger partial charge on any atom is 0.144 e. The van der Waals surface area contributed by atoms with Gasteiger partial charge in [-0.25, -0.2) is 0 Å². The van der Waals surface area contributed by atoms with Crippen LogP contribution in [0.3, 0.4) is 0 Å². The van der Waals surface area contributed by atoms with Crippen LogP contribution in [0.4, 0.5) is 0 Å². The van der Waals surface area contributed by atoms with Crippen LogP contribution in [0.1, 0.15) is 19.3 Å². The molecule has 1 aliphatic carbocycles. The molecule has 10 heavy (non-hydrogen) atoms. The monoisotopic (exact) mass is 138 g/mol. The van der Waals surface area contributed by atoms with E-state index in [1.807, 2.05) is 0 Å². The van der Waals surface area contributed by atoms with Crippen molar-refractivity contribution in [2.24, 2.45) is 5.92 Å². The van der Waals surface area contributed by atoms with E-state index in [4.69, 9.17) is 0 Å². The zero-order chi connectivity index (χ0) is 7.56. The normalized spacial score (nSPS) is 25.4.